The molecule has 0 spiro atoms. The Morgan fingerprint density at radius 1 is 1.23 bits per heavy atom. The van der Waals surface area contributed by atoms with Crippen LogP contribution < -0.4 is 5.56 Å². The van der Waals surface area contributed by atoms with Crippen molar-refractivity contribution in [2.75, 3.05) is 7.11 Å². The monoisotopic (exact) mass is 388 g/mol. The lowest BCUT2D eigenvalue weighted by molar-refractivity contribution is -0.139. The molecule has 0 unspecified atom stereocenters. The predicted molar refractivity (Wildman–Crippen MR) is 104 cm³/mol. The summed E-state index contributed by atoms with van der Waals surface area (Å²) >= 11 is 7.42. The minimum Gasteiger partial charge on any atom is -0.468 e. The highest BCUT2D eigenvalue weighted by atomic mass is 35.5. The van der Waals surface area contributed by atoms with Crippen LogP contribution in [0.2, 0.25) is 5.02 Å². The van der Waals surface area contributed by atoms with E-state index in [4.69, 9.17) is 16.3 Å². The first kappa shape index (κ1) is 18.5. The molecule has 3 rings (SSSR count). The SMILES string of the molecule is COC(=O)[C@@H](C)Sc1nc2ccccc2c(=O)n1-c1cccc(Cl)c1C. The molecular weight excluding hydrogens is 372 g/mol. The highest BCUT2D eigenvalue weighted by molar-refractivity contribution is 8.00. The number of aromatic nitrogens is 2. The summed E-state index contributed by atoms with van der Waals surface area (Å²) in [5, 5.41) is 0.956. The Hall–Kier alpha value is -2.31. The first-order chi connectivity index (χ1) is 12.4. The number of para-hydroxylation sites is 1. The molecule has 0 bridgehead atoms. The number of hydrogen-bond donors (Lipinski definition) is 0. The Balaban J connectivity index is 2.29. The maximum absolute atomic E-state index is 13.2. The lowest BCUT2D eigenvalue weighted by Crippen LogP contribution is -2.24. The largest absolute Gasteiger partial charge is 0.468 e. The van der Waals surface area contributed by atoms with Gasteiger partial charge in [-0.05, 0) is 43.7 Å². The van der Waals surface area contributed by atoms with Gasteiger partial charge in [-0.1, -0.05) is 41.6 Å². The van der Waals surface area contributed by atoms with E-state index < -0.39 is 5.25 Å². The van der Waals surface area contributed by atoms with Crippen LogP contribution in [-0.2, 0) is 9.53 Å². The molecule has 26 heavy (non-hydrogen) atoms. The Labute approximate surface area is 160 Å². The standard InChI is InChI=1S/C19H17ClN2O3S/c1-11-14(20)8-6-10-16(11)22-17(23)13-7-4-5-9-15(13)21-19(22)26-12(2)18(24)25-3/h4-10,12H,1-3H3/t12-/m1/s1. The summed E-state index contributed by atoms with van der Waals surface area (Å²) < 4.78 is 6.30. The van der Waals surface area contributed by atoms with Crippen molar-refractivity contribution in [3.63, 3.8) is 0 Å². The molecule has 1 atom stereocenters. The van der Waals surface area contributed by atoms with Crippen molar-refractivity contribution in [2.45, 2.75) is 24.3 Å². The van der Waals surface area contributed by atoms with Crippen molar-refractivity contribution in [3.05, 3.63) is 63.4 Å². The van der Waals surface area contributed by atoms with E-state index in [1.807, 2.05) is 19.1 Å². The third kappa shape index (κ3) is 3.34. The molecule has 3 aromatic rings. The Morgan fingerprint density at radius 3 is 2.69 bits per heavy atom. The smallest absolute Gasteiger partial charge is 0.318 e. The molecule has 0 N–H and O–H groups in total. The number of ether oxygens (including phenoxy) is 1. The second-order valence-electron chi connectivity index (χ2n) is 5.72. The zero-order chi connectivity index (χ0) is 18.8. The van der Waals surface area contributed by atoms with Gasteiger partial charge < -0.3 is 4.74 Å². The van der Waals surface area contributed by atoms with Crippen LogP contribution in [-0.4, -0.2) is 27.9 Å². The molecule has 0 saturated carbocycles. The van der Waals surface area contributed by atoms with Crippen LogP contribution in [0, 0.1) is 6.92 Å². The molecule has 0 aliphatic heterocycles. The number of methoxy groups -OCH3 is 1. The molecule has 0 aliphatic carbocycles. The fourth-order valence-electron chi connectivity index (χ4n) is 2.61. The van der Waals surface area contributed by atoms with Crippen molar-refractivity contribution in [2.24, 2.45) is 0 Å². The second-order valence-corrected chi connectivity index (χ2v) is 7.43. The molecular formula is C19H17ClN2O3S. The van der Waals surface area contributed by atoms with E-state index in [9.17, 15) is 9.59 Å². The average molecular weight is 389 g/mol. The summed E-state index contributed by atoms with van der Waals surface area (Å²) in [6.07, 6.45) is 0. The number of esters is 1. The van der Waals surface area contributed by atoms with Gasteiger partial charge in [0, 0.05) is 5.02 Å². The zero-order valence-electron chi connectivity index (χ0n) is 14.5. The highest BCUT2D eigenvalue weighted by Gasteiger charge is 2.21. The van der Waals surface area contributed by atoms with Crippen LogP contribution in [0.25, 0.3) is 16.6 Å². The van der Waals surface area contributed by atoms with Crippen LogP contribution >= 0.6 is 23.4 Å². The van der Waals surface area contributed by atoms with Gasteiger partial charge in [0.1, 0.15) is 5.25 Å². The maximum Gasteiger partial charge on any atom is 0.318 e. The maximum atomic E-state index is 13.2. The van der Waals surface area contributed by atoms with E-state index in [-0.39, 0.29) is 11.5 Å². The number of thioether (sulfide) groups is 1. The van der Waals surface area contributed by atoms with Gasteiger partial charge >= 0.3 is 5.97 Å². The van der Waals surface area contributed by atoms with E-state index >= 15 is 0 Å². The van der Waals surface area contributed by atoms with Crippen LogP contribution in [0.1, 0.15) is 12.5 Å². The van der Waals surface area contributed by atoms with Gasteiger partial charge in [0.25, 0.3) is 5.56 Å². The predicted octanol–water partition coefficient (Wildman–Crippen LogP) is 4.00. The Kier molecular flexibility index (Phi) is 5.34. The first-order valence-corrected chi connectivity index (χ1v) is 9.21. The molecule has 0 amide bonds. The van der Waals surface area contributed by atoms with Gasteiger partial charge in [-0.2, -0.15) is 0 Å². The van der Waals surface area contributed by atoms with Crippen molar-refractivity contribution >= 4 is 40.2 Å². The molecule has 5 nitrogen and oxygen atoms in total. The number of carbonyl (C=O) groups is 1. The average Bonchev–Trinajstić information content (AvgIpc) is 2.64. The molecule has 7 heteroatoms. The van der Waals surface area contributed by atoms with Crippen LogP contribution in [0.5, 0.6) is 0 Å². The van der Waals surface area contributed by atoms with Crippen molar-refractivity contribution in [1.82, 2.24) is 9.55 Å². The number of carbonyl (C=O) groups excluding carboxylic acids is 1. The molecule has 2 aromatic carbocycles. The van der Waals surface area contributed by atoms with Gasteiger partial charge in [-0.3, -0.25) is 14.2 Å². The van der Waals surface area contributed by atoms with E-state index in [1.54, 1.807) is 37.3 Å². The third-order valence-electron chi connectivity index (χ3n) is 4.04. The van der Waals surface area contributed by atoms with Gasteiger partial charge in [-0.25, -0.2) is 4.98 Å². The van der Waals surface area contributed by atoms with E-state index in [0.29, 0.717) is 26.8 Å². The highest BCUT2D eigenvalue weighted by Crippen LogP contribution is 2.28. The molecule has 0 fully saturated rings. The van der Waals surface area contributed by atoms with Crippen molar-refractivity contribution in [3.8, 4) is 5.69 Å². The van der Waals surface area contributed by atoms with Gasteiger partial charge in [0.15, 0.2) is 5.16 Å². The summed E-state index contributed by atoms with van der Waals surface area (Å²) in [5.74, 6) is -0.383. The molecule has 0 aliphatic rings. The molecule has 0 radical (unpaired) electrons. The van der Waals surface area contributed by atoms with Crippen molar-refractivity contribution < 1.29 is 9.53 Å². The third-order valence-corrected chi connectivity index (χ3v) is 5.48. The molecule has 134 valence electrons. The minimum absolute atomic E-state index is 0.208. The number of benzene rings is 2. The fraction of sp³-hybridized carbons (Fsp3) is 0.211. The molecule has 0 saturated heterocycles. The van der Waals surface area contributed by atoms with Gasteiger partial charge in [0.2, 0.25) is 0 Å². The normalized spacial score (nSPS) is 12.2. The fourth-order valence-corrected chi connectivity index (χ4v) is 3.73. The summed E-state index contributed by atoms with van der Waals surface area (Å²) in [6.45, 7) is 3.56. The van der Waals surface area contributed by atoms with Crippen molar-refractivity contribution in [1.29, 1.82) is 0 Å². The topological polar surface area (TPSA) is 61.2 Å². The zero-order valence-corrected chi connectivity index (χ0v) is 16.1. The first-order valence-electron chi connectivity index (χ1n) is 7.95. The van der Waals surface area contributed by atoms with E-state index in [0.717, 1.165) is 5.56 Å². The Bertz CT molecular complexity index is 1050. The second kappa shape index (κ2) is 7.51. The van der Waals surface area contributed by atoms with E-state index in [1.165, 1.54) is 23.4 Å². The van der Waals surface area contributed by atoms with Crippen LogP contribution in [0.4, 0.5) is 0 Å². The summed E-state index contributed by atoms with van der Waals surface area (Å²) in [5.41, 5.74) is 1.77. The van der Waals surface area contributed by atoms with Crippen LogP contribution in [0.15, 0.2) is 52.4 Å². The Morgan fingerprint density at radius 2 is 1.96 bits per heavy atom. The quantitative estimate of drug-likeness (QED) is 0.384. The number of halogens is 1. The lowest BCUT2D eigenvalue weighted by Gasteiger charge is -2.17. The number of fused-ring (bicyclic) bond motifs is 1. The lowest BCUT2D eigenvalue weighted by atomic mass is 10.2. The van der Waals surface area contributed by atoms with Gasteiger partial charge in [0.05, 0.1) is 23.7 Å². The number of hydrogen-bond acceptors (Lipinski definition) is 5. The molecule has 1 heterocycles. The minimum atomic E-state index is -0.515. The number of nitrogens with zero attached hydrogens (tertiary/aromatic N) is 2. The summed E-state index contributed by atoms with van der Waals surface area (Å²) in [4.78, 5) is 29.7. The summed E-state index contributed by atoms with van der Waals surface area (Å²) in [6, 6.07) is 12.5. The molecule has 1 aromatic heterocycles. The summed E-state index contributed by atoms with van der Waals surface area (Å²) in [7, 11) is 1.33. The number of rotatable bonds is 4. The van der Waals surface area contributed by atoms with Gasteiger partial charge in [-0.15, -0.1) is 0 Å². The van der Waals surface area contributed by atoms with E-state index in [2.05, 4.69) is 4.98 Å². The van der Waals surface area contributed by atoms with Crippen LogP contribution in [0.3, 0.4) is 0 Å².